The average molecular weight is 206 g/mol. The Morgan fingerprint density at radius 1 is 1.57 bits per heavy atom. The second-order valence-electron chi connectivity index (χ2n) is 2.40. The Morgan fingerprint density at radius 2 is 2.14 bits per heavy atom. The largest absolute Gasteiger partial charge is 0.455 e. The molecule has 4 N–H and O–H groups in total. The molecule has 0 aliphatic rings. The number of hydrogen-bond donors (Lipinski definition) is 3. The van der Waals surface area contributed by atoms with E-state index in [1.807, 2.05) is 5.10 Å². The number of aromatic nitrogens is 2. The molecule has 0 spiro atoms. The summed E-state index contributed by atoms with van der Waals surface area (Å²) in [5.74, 6) is -2.74. The van der Waals surface area contributed by atoms with Crippen molar-refractivity contribution >= 4 is 11.6 Å². The predicted molar refractivity (Wildman–Crippen MR) is 40.0 cm³/mol. The molecule has 0 fully saturated rings. The fraction of sp³-hybridized carbons (Fsp3) is 0.167. The summed E-state index contributed by atoms with van der Waals surface area (Å²) in [4.78, 5) is 10.7. The van der Waals surface area contributed by atoms with Crippen LogP contribution in [0.1, 0.15) is 16.1 Å². The lowest BCUT2D eigenvalue weighted by atomic mass is 10.1. The molecular weight excluding hydrogens is 201 g/mol. The number of Topliss-reactive ketones (excluding diaryl/α,β-unsaturated/α-hetero) is 1. The molecule has 1 aromatic heterocycles. The van der Waals surface area contributed by atoms with Crippen molar-refractivity contribution in [2.75, 3.05) is 0 Å². The maximum Gasteiger partial charge on any atom is 0.455 e. The minimum atomic E-state index is -4.99. The molecule has 0 amide bonds. The number of alkyl halides is 3. The predicted octanol–water partition coefficient (Wildman–Crippen LogP) is 0.439. The lowest BCUT2D eigenvalue weighted by Gasteiger charge is -2.03. The van der Waals surface area contributed by atoms with Gasteiger partial charge in [0.2, 0.25) is 0 Å². The van der Waals surface area contributed by atoms with Gasteiger partial charge in [-0.2, -0.15) is 18.3 Å². The van der Waals surface area contributed by atoms with E-state index in [9.17, 15) is 18.0 Å². The molecule has 0 atom stereocenters. The molecule has 0 aliphatic heterocycles. The summed E-state index contributed by atoms with van der Waals surface area (Å²) in [7, 11) is 0. The molecule has 0 aromatic carbocycles. The van der Waals surface area contributed by atoms with Crippen molar-refractivity contribution in [3.8, 4) is 0 Å². The van der Waals surface area contributed by atoms with Gasteiger partial charge < -0.3 is 5.73 Å². The summed E-state index contributed by atoms with van der Waals surface area (Å²) in [6.45, 7) is 0. The number of aromatic amines is 1. The van der Waals surface area contributed by atoms with Gasteiger partial charge in [0, 0.05) is 0 Å². The second kappa shape index (κ2) is 3.13. The number of amidine groups is 1. The highest BCUT2D eigenvalue weighted by molar-refractivity contribution is 6.09. The van der Waals surface area contributed by atoms with E-state index in [1.165, 1.54) is 0 Å². The first-order valence-electron chi connectivity index (χ1n) is 3.33. The van der Waals surface area contributed by atoms with Crippen LogP contribution in [0.25, 0.3) is 0 Å². The summed E-state index contributed by atoms with van der Waals surface area (Å²) >= 11 is 0. The first-order chi connectivity index (χ1) is 6.34. The number of nitrogens with zero attached hydrogens (tertiary/aromatic N) is 1. The standard InChI is InChI=1S/C6H5F3N4O/c7-6(8,9)4(14)2-1-12-13-3(2)5(10)11/h1H,(H3,10,11)(H,12,13). The van der Waals surface area contributed by atoms with Crippen LogP contribution in [0, 0.1) is 5.41 Å². The highest BCUT2D eigenvalue weighted by Gasteiger charge is 2.41. The Bertz CT molecular complexity index is 381. The van der Waals surface area contributed by atoms with Gasteiger partial charge in [0.05, 0.1) is 11.8 Å². The van der Waals surface area contributed by atoms with E-state index in [1.54, 1.807) is 0 Å². The minimum Gasteiger partial charge on any atom is -0.382 e. The molecular formula is C6H5F3N4O. The van der Waals surface area contributed by atoms with Crippen molar-refractivity contribution in [1.82, 2.24) is 10.2 Å². The molecule has 0 radical (unpaired) electrons. The lowest BCUT2D eigenvalue weighted by Crippen LogP contribution is -2.25. The van der Waals surface area contributed by atoms with Crippen LogP contribution in [0.4, 0.5) is 13.2 Å². The fourth-order valence-electron chi connectivity index (χ4n) is 0.816. The zero-order chi connectivity index (χ0) is 10.9. The molecule has 0 bridgehead atoms. The molecule has 14 heavy (non-hydrogen) atoms. The third kappa shape index (κ3) is 1.73. The van der Waals surface area contributed by atoms with Crippen LogP contribution in [0.15, 0.2) is 6.20 Å². The number of nitrogens with two attached hydrogens (primary N) is 1. The van der Waals surface area contributed by atoms with Gasteiger partial charge in [-0.05, 0) is 0 Å². The normalized spacial score (nSPS) is 11.4. The number of nitrogens with one attached hydrogen (secondary N) is 2. The van der Waals surface area contributed by atoms with Crippen molar-refractivity contribution in [1.29, 1.82) is 5.41 Å². The van der Waals surface area contributed by atoms with Crippen molar-refractivity contribution in [3.63, 3.8) is 0 Å². The van der Waals surface area contributed by atoms with Crippen LogP contribution in [0.5, 0.6) is 0 Å². The second-order valence-corrected chi connectivity index (χ2v) is 2.40. The Morgan fingerprint density at radius 3 is 2.57 bits per heavy atom. The number of ketones is 1. The number of H-pyrrole nitrogens is 1. The van der Waals surface area contributed by atoms with Gasteiger partial charge in [0.15, 0.2) is 0 Å². The summed E-state index contributed by atoms with van der Waals surface area (Å²) in [6, 6.07) is 0. The van der Waals surface area contributed by atoms with Crippen LogP contribution in [0.3, 0.4) is 0 Å². The monoisotopic (exact) mass is 206 g/mol. The zero-order valence-corrected chi connectivity index (χ0v) is 6.64. The van der Waals surface area contributed by atoms with Crippen LogP contribution >= 0.6 is 0 Å². The van der Waals surface area contributed by atoms with Crippen molar-refractivity contribution in [2.24, 2.45) is 5.73 Å². The topological polar surface area (TPSA) is 95.6 Å². The van der Waals surface area contributed by atoms with Crippen LogP contribution in [0.2, 0.25) is 0 Å². The number of carbonyl (C=O) groups excluding carboxylic acids is 1. The van der Waals surface area contributed by atoms with Crippen LogP contribution < -0.4 is 5.73 Å². The van der Waals surface area contributed by atoms with E-state index in [0.29, 0.717) is 6.20 Å². The molecule has 1 heterocycles. The molecule has 5 nitrogen and oxygen atoms in total. The molecule has 1 rings (SSSR count). The van der Waals surface area contributed by atoms with Crippen molar-refractivity contribution in [2.45, 2.75) is 6.18 Å². The maximum absolute atomic E-state index is 12.0. The quantitative estimate of drug-likeness (QED) is 0.372. The molecule has 0 saturated heterocycles. The van der Waals surface area contributed by atoms with Gasteiger partial charge in [-0.3, -0.25) is 15.3 Å². The third-order valence-corrected chi connectivity index (χ3v) is 1.41. The molecule has 0 aliphatic carbocycles. The maximum atomic E-state index is 12.0. The summed E-state index contributed by atoms with van der Waals surface area (Å²) in [5, 5.41) is 12.1. The first-order valence-corrected chi connectivity index (χ1v) is 3.33. The Hall–Kier alpha value is -1.86. The van der Waals surface area contributed by atoms with Gasteiger partial charge >= 0.3 is 6.18 Å². The smallest absolute Gasteiger partial charge is 0.382 e. The fourth-order valence-corrected chi connectivity index (χ4v) is 0.816. The molecule has 0 saturated carbocycles. The number of halogens is 3. The van der Waals surface area contributed by atoms with Gasteiger partial charge in [0.25, 0.3) is 5.78 Å². The number of hydrogen-bond acceptors (Lipinski definition) is 3. The van der Waals surface area contributed by atoms with Gasteiger partial charge in [-0.1, -0.05) is 0 Å². The molecule has 8 heteroatoms. The summed E-state index contributed by atoms with van der Waals surface area (Å²) in [6.07, 6.45) is -4.30. The molecule has 76 valence electrons. The summed E-state index contributed by atoms with van der Waals surface area (Å²) < 4.78 is 35.9. The lowest BCUT2D eigenvalue weighted by molar-refractivity contribution is -0.0885. The number of nitrogen functional groups attached to an aromatic ring is 1. The third-order valence-electron chi connectivity index (χ3n) is 1.41. The van der Waals surface area contributed by atoms with Crippen LogP contribution in [-0.2, 0) is 0 Å². The summed E-state index contributed by atoms with van der Waals surface area (Å²) in [5.41, 5.74) is 3.76. The minimum absolute atomic E-state index is 0.424. The van der Waals surface area contributed by atoms with E-state index < -0.39 is 29.1 Å². The highest BCUT2D eigenvalue weighted by atomic mass is 19.4. The molecule has 1 aromatic rings. The Kier molecular flexibility index (Phi) is 2.28. The van der Waals surface area contributed by atoms with E-state index in [-0.39, 0.29) is 0 Å². The van der Waals surface area contributed by atoms with Crippen molar-refractivity contribution in [3.05, 3.63) is 17.5 Å². The van der Waals surface area contributed by atoms with E-state index in [2.05, 4.69) is 5.10 Å². The first kappa shape index (κ1) is 10.2. The van der Waals surface area contributed by atoms with Crippen LogP contribution in [-0.4, -0.2) is 28.0 Å². The zero-order valence-electron chi connectivity index (χ0n) is 6.64. The van der Waals surface area contributed by atoms with Crippen molar-refractivity contribution < 1.29 is 18.0 Å². The van der Waals surface area contributed by atoms with Gasteiger partial charge in [0.1, 0.15) is 11.5 Å². The van der Waals surface area contributed by atoms with E-state index in [0.717, 1.165) is 0 Å². The van der Waals surface area contributed by atoms with E-state index >= 15 is 0 Å². The Balaban J connectivity index is 3.14. The van der Waals surface area contributed by atoms with Gasteiger partial charge in [-0.15, -0.1) is 0 Å². The van der Waals surface area contributed by atoms with E-state index in [4.69, 9.17) is 11.1 Å². The number of rotatable bonds is 2. The highest BCUT2D eigenvalue weighted by Crippen LogP contribution is 2.22. The molecule has 0 unspecified atom stereocenters. The van der Waals surface area contributed by atoms with Gasteiger partial charge in [-0.25, -0.2) is 0 Å². The average Bonchev–Trinajstić information content (AvgIpc) is 2.48. The SMILES string of the molecule is N=C(N)c1[nH]ncc1C(=O)C(F)(F)F. The number of carbonyl (C=O) groups is 1. The Labute approximate surface area is 75.6 Å².